The Kier molecular flexibility index (Phi) is 2.77. The second-order valence-electron chi connectivity index (χ2n) is 3.77. The lowest BCUT2D eigenvalue weighted by Gasteiger charge is -2.12. The summed E-state index contributed by atoms with van der Waals surface area (Å²) in [6, 6.07) is 8.04. The lowest BCUT2D eigenvalue weighted by atomic mass is 10.1. The molecule has 1 heterocycles. The summed E-state index contributed by atoms with van der Waals surface area (Å²) in [5.74, 6) is -0.193. The highest BCUT2D eigenvalue weighted by Crippen LogP contribution is 2.21. The van der Waals surface area contributed by atoms with Crippen LogP contribution in [0.5, 0.6) is 0 Å². The first-order valence-corrected chi connectivity index (χ1v) is 6.40. The van der Waals surface area contributed by atoms with Gasteiger partial charge in [0.25, 0.3) is 10.1 Å². The molecule has 1 aliphatic heterocycles. The van der Waals surface area contributed by atoms with E-state index in [0.717, 1.165) is 13.1 Å². The van der Waals surface area contributed by atoms with Crippen molar-refractivity contribution in [2.24, 2.45) is 0 Å². The van der Waals surface area contributed by atoms with Gasteiger partial charge in [-0.2, -0.15) is 8.42 Å². The molecular formula is C10H13NO3S. The third-order valence-electron chi connectivity index (χ3n) is 2.57. The molecule has 0 unspecified atom stereocenters. The highest BCUT2D eigenvalue weighted by Gasteiger charge is 2.19. The van der Waals surface area contributed by atoms with Crippen molar-refractivity contribution in [2.75, 3.05) is 12.3 Å². The SMILES string of the molecule is O=S(=O)(O)CCN1Cc2ccccc2C1. The Balaban J connectivity index is 1.96. The molecule has 0 saturated carbocycles. The van der Waals surface area contributed by atoms with Crippen molar-refractivity contribution in [1.29, 1.82) is 0 Å². The van der Waals surface area contributed by atoms with Crippen molar-refractivity contribution < 1.29 is 13.0 Å². The van der Waals surface area contributed by atoms with E-state index < -0.39 is 10.1 Å². The average Bonchev–Trinajstić information content (AvgIpc) is 2.56. The number of hydrogen-bond acceptors (Lipinski definition) is 3. The molecule has 1 aromatic carbocycles. The first-order valence-electron chi connectivity index (χ1n) is 4.79. The number of benzene rings is 1. The van der Waals surface area contributed by atoms with E-state index in [2.05, 4.69) is 0 Å². The van der Waals surface area contributed by atoms with Crippen molar-refractivity contribution in [2.45, 2.75) is 13.1 Å². The Bertz CT molecular complexity index is 430. The summed E-state index contributed by atoms with van der Waals surface area (Å²) in [5.41, 5.74) is 2.49. The van der Waals surface area contributed by atoms with E-state index in [9.17, 15) is 8.42 Å². The van der Waals surface area contributed by atoms with Crippen LogP contribution in [0, 0.1) is 0 Å². The van der Waals surface area contributed by atoms with Gasteiger partial charge < -0.3 is 0 Å². The maximum Gasteiger partial charge on any atom is 0.266 e. The summed E-state index contributed by atoms with van der Waals surface area (Å²) in [7, 11) is -3.84. The van der Waals surface area contributed by atoms with Gasteiger partial charge in [0, 0.05) is 19.6 Å². The van der Waals surface area contributed by atoms with Gasteiger partial charge in [0.15, 0.2) is 0 Å². The van der Waals surface area contributed by atoms with Crippen LogP contribution < -0.4 is 0 Å². The van der Waals surface area contributed by atoms with Crippen LogP contribution in [-0.4, -0.2) is 30.2 Å². The maximum atomic E-state index is 10.6. The second kappa shape index (κ2) is 3.92. The van der Waals surface area contributed by atoms with Gasteiger partial charge in [0.1, 0.15) is 0 Å². The van der Waals surface area contributed by atoms with Gasteiger partial charge in [0.2, 0.25) is 0 Å². The molecule has 4 nitrogen and oxygen atoms in total. The van der Waals surface area contributed by atoms with Gasteiger partial charge in [-0.25, -0.2) is 0 Å². The zero-order chi connectivity index (χ0) is 10.9. The third kappa shape index (κ3) is 2.77. The highest BCUT2D eigenvalue weighted by atomic mass is 32.2. The normalized spacial score (nSPS) is 16.6. The molecular weight excluding hydrogens is 214 g/mol. The monoisotopic (exact) mass is 227 g/mol. The van der Waals surface area contributed by atoms with Crippen LogP contribution in [0.4, 0.5) is 0 Å². The average molecular weight is 227 g/mol. The molecule has 0 bridgehead atoms. The molecule has 0 saturated heterocycles. The smallest absolute Gasteiger partial charge is 0.266 e. The standard InChI is InChI=1S/C10H13NO3S/c12-15(13,14)6-5-11-7-9-3-1-2-4-10(9)8-11/h1-4H,5-8H2,(H,12,13,14). The maximum absolute atomic E-state index is 10.6. The van der Waals surface area contributed by atoms with Crippen molar-refractivity contribution in [3.05, 3.63) is 35.4 Å². The predicted molar refractivity (Wildman–Crippen MR) is 57.0 cm³/mol. The minimum absolute atomic E-state index is 0.193. The second-order valence-corrected chi connectivity index (χ2v) is 5.34. The minimum atomic E-state index is -3.84. The van der Waals surface area contributed by atoms with Crippen LogP contribution in [0.3, 0.4) is 0 Å². The van der Waals surface area contributed by atoms with Gasteiger partial charge >= 0.3 is 0 Å². The summed E-state index contributed by atoms with van der Waals surface area (Å²) < 4.78 is 29.8. The number of hydrogen-bond donors (Lipinski definition) is 1. The molecule has 2 rings (SSSR count). The summed E-state index contributed by atoms with van der Waals surface area (Å²) in [4.78, 5) is 2.01. The topological polar surface area (TPSA) is 57.6 Å². The first-order chi connectivity index (χ1) is 7.04. The van der Waals surface area contributed by atoms with Gasteiger partial charge in [-0.1, -0.05) is 24.3 Å². The van der Waals surface area contributed by atoms with Gasteiger partial charge in [-0.15, -0.1) is 0 Å². The Morgan fingerprint density at radius 2 is 1.73 bits per heavy atom. The molecule has 0 spiro atoms. The van der Waals surface area contributed by atoms with Gasteiger partial charge in [-0.3, -0.25) is 9.45 Å². The molecule has 1 aromatic rings. The quantitative estimate of drug-likeness (QED) is 0.779. The van der Waals surface area contributed by atoms with E-state index in [1.165, 1.54) is 11.1 Å². The van der Waals surface area contributed by atoms with Crippen molar-refractivity contribution in [3.63, 3.8) is 0 Å². The molecule has 5 heteroatoms. The zero-order valence-electron chi connectivity index (χ0n) is 8.26. The van der Waals surface area contributed by atoms with E-state index in [0.29, 0.717) is 6.54 Å². The Labute approximate surface area is 89.3 Å². The lowest BCUT2D eigenvalue weighted by molar-refractivity contribution is 0.299. The molecule has 0 amide bonds. The van der Waals surface area contributed by atoms with Crippen LogP contribution >= 0.6 is 0 Å². The van der Waals surface area contributed by atoms with Crippen molar-refractivity contribution in [1.82, 2.24) is 4.90 Å². The van der Waals surface area contributed by atoms with Gasteiger partial charge in [-0.05, 0) is 11.1 Å². The molecule has 0 aliphatic carbocycles. The lowest BCUT2D eigenvalue weighted by Crippen LogP contribution is -2.24. The number of rotatable bonds is 3. The van der Waals surface area contributed by atoms with Gasteiger partial charge in [0.05, 0.1) is 5.75 Å². The third-order valence-corrected chi connectivity index (χ3v) is 3.27. The minimum Gasteiger partial charge on any atom is -0.294 e. The summed E-state index contributed by atoms with van der Waals surface area (Å²) in [6.07, 6.45) is 0. The number of nitrogens with zero attached hydrogens (tertiary/aromatic N) is 1. The fourth-order valence-corrected chi connectivity index (χ4v) is 2.30. The molecule has 0 radical (unpaired) electrons. The predicted octanol–water partition coefficient (Wildman–Crippen LogP) is 0.890. The molecule has 82 valence electrons. The molecule has 15 heavy (non-hydrogen) atoms. The molecule has 0 atom stereocenters. The van der Waals surface area contributed by atoms with Crippen LogP contribution in [0.25, 0.3) is 0 Å². The number of fused-ring (bicyclic) bond motifs is 1. The molecule has 1 aliphatic rings. The zero-order valence-corrected chi connectivity index (χ0v) is 9.07. The Morgan fingerprint density at radius 1 is 1.20 bits per heavy atom. The van der Waals surface area contributed by atoms with Crippen LogP contribution in [-0.2, 0) is 23.2 Å². The largest absolute Gasteiger partial charge is 0.294 e. The van der Waals surface area contributed by atoms with E-state index in [1.54, 1.807) is 0 Å². The Morgan fingerprint density at radius 3 is 2.20 bits per heavy atom. The highest BCUT2D eigenvalue weighted by molar-refractivity contribution is 7.85. The molecule has 1 N–H and O–H groups in total. The van der Waals surface area contributed by atoms with E-state index in [1.807, 2.05) is 29.2 Å². The molecule has 0 aromatic heterocycles. The van der Waals surface area contributed by atoms with E-state index in [4.69, 9.17) is 4.55 Å². The van der Waals surface area contributed by atoms with Crippen LogP contribution in [0.1, 0.15) is 11.1 Å². The summed E-state index contributed by atoms with van der Waals surface area (Å²) in [6.45, 7) is 1.92. The summed E-state index contributed by atoms with van der Waals surface area (Å²) in [5, 5.41) is 0. The fourth-order valence-electron chi connectivity index (χ4n) is 1.81. The first kappa shape index (κ1) is 10.6. The van der Waals surface area contributed by atoms with E-state index in [-0.39, 0.29) is 5.75 Å². The fraction of sp³-hybridized carbons (Fsp3) is 0.400. The van der Waals surface area contributed by atoms with Crippen LogP contribution in [0.2, 0.25) is 0 Å². The van der Waals surface area contributed by atoms with Crippen molar-refractivity contribution >= 4 is 10.1 Å². The van der Waals surface area contributed by atoms with Crippen molar-refractivity contribution in [3.8, 4) is 0 Å². The Hall–Kier alpha value is -0.910. The van der Waals surface area contributed by atoms with Crippen LogP contribution in [0.15, 0.2) is 24.3 Å². The summed E-state index contributed by atoms with van der Waals surface area (Å²) >= 11 is 0. The van der Waals surface area contributed by atoms with E-state index >= 15 is 0 Å². The molecule has 0 fully saturated rings.